The molecule has 144 valence electrons. The maximum Gasteiger partial charge on any atom is 0.319 e. The quantitative estimate of drug-likeness (QED) is 0.584. The van der Waals surface area contributed by atoms with Crippen molar-refractivity contribution >= 4 is 44.0 Å². The molecular weight excluding hydrogens is 384 g/mol. The van der Waals surface area contributed by atoms with Gasteiger partial charge in [-0.15, -0.1) is 11.3 Å². The number of nitrogens with one attached hydrogen (secondary N) is 2. The number of primary sulfonamides is 1. The Morgan fingerprint density at radius 1 is 1.22 bits per heavy atom. The van der Waals surface area contributed by atoms with Crippen molar-refractivity contribution < 1.29 is 13.2 Å². The van der Waals surface area contributed by atoms with Gasteiger partial charge in [-0.2, -0.15) is 0 Å². The Kier molecular flexibility index (Phi) is 5.54. The maximum absolute atomic E-state index is 12.1. The van der Waals surface area contributed by atoms with E-state index < -0.39 is 10.0 Å². The van der Waals surface area contributed by atoms with Crippen LogP contribution in [0.5, 0.6) is 0 Å². The molecule has 9 heteroatoms. The largest absolute Gasteiger partial charge is 0.347 e. The van der Waals surface area contributed by atoms with Gasteiger partial charge >= 0.3 is 6.03 Å². The number of thiophene rings is 1. The van der Waals surface area contributed by atoms with Gasteiger partial charge in [0.15, 0.2) is 0 Å². The first-order valence-electron chi connectivity index (χ1n) is 8.47. The number of nitrogens with two attached hydrogens (primary N) is 1. The summed E-state index contributed by atoms with van der Waals surface area (Å²) >= 11 is 1.04. The molecule has 0 saturated carbocycles. The van der Waals surface area contributed by atoms with E-state index in [-0.39, 0.29) is 16.8 Å². The van der Waals surface area contributed by atoms with E-state index in [1.165, 1.54) is 6.07 Å². The monoisotopic (exact) mass is 406 g/mol. The van der Waals surface area contributed by atoms with E-state index >= 15 is 0 Å². The fourth-order valence-corrected chi connectivity index (χ4v) is 4.50. The molecular formula is C18H22N4O3S2. The van der Waals surface area contributed by atoms with Crippen molar-refractivity contribution in [3.05, 3.63) is 47.5 Å². The molecule has 0 spiro atoms. The van der Waals surface area contributed by atoms with E-state index in [0.29, 0.717) is 16.5 Å². The Morgan fingerprint density at radius 3 is 2.67 bits per heavy atom. The van der Waals surface area contributed by atoms with Crippen LogP contribution >= 0.6 is 11.3 Å². The molecule has 2 heterocycles. The van der Waals surface area contributed by atoms with Gasteiger partial charge < -0.3 is 15.2 Å². The van der Waals surface area contributed by atoms with Gasteiger partial charge in [0.25, 0.3) is 0 Å². The highest BCUT2D eigenvalue weighted by Crippen LogP contribution is 2.22. The average Bonchev–Trinajstić information content (AvgIpc) is 3.19. The number of aromatic nitrogens is 1. The summed E-state index contributed by atoms with van der Waals surface area (Å²) < 4.78 is 24.8. The highest BCUT2D eigenvalue weighted by atomic mass is 32.2. The lowest BCUT2D eigenvalue weighted by atomic mass is 10.2. The third-order valence-electron chi connectivity index (χ3n) is 3.93. The number of fused-ring (bicyclic) bond motifs is 1. The van der Waals surface area contributed by atoms with Gasteiger partial charge in [0.2, 0.25) is 10.0 Å². The van der Waals surface area contributed by atoms with Gasteiger partial charge in [0.05, 0.1) is 6.54 Å². The third kappa shape index (κ3) is 4.88. The molecule has 0 radical (unpaired) electrons. The number of amides is 2. The second kappa shape index (κ2) is 7.71. The summed E-state index contributed by atoms with van der Waals surface area (Å²) in [6.45, 7) is 5.51. The second-order valence-corrected chi connectivity index (χ2v) is 9.67. The van der Waals surface area contributed by atoms with Crippen LogP contribution in [0.15, 0.2) is 46.8 Å². The average molecular weight is 407 g/mol. The van der Waals surface area contributed by atoms with Crippen molar-refractivity contribution in [2.24, 2.45) is 11.1 Å². The molecule has 4 N–H and O–H groups in total. The number of sulfonamides is 1. The number of hydrogen-bond donors (Lipinski definition) is 3. The number of anilines is 1. The van der Waals surface area contributed by atoms with Crippen LogP contribution in [0.2, 0.25) is 0 Å². The number of urea groups is 1. The third-order valence-corrected chi connectivity index (χ3v) is 6.46. The van der Waals surface area contributed by atoms with E-state index in [4.69, 9.17) is 5.14 Å². The standard InChI is InChI=1S/C18H22N4O3S2/c1-12(2)11-22-8-7-13-9-14(3-5-16(13)22)21-18(23)20-10-15-4-6-17(26-15)27(19,24)25/h3-9,12H,10-11H2,1-2H3,(H2,19,24,25)(H2,20,21,23). The molecule has 27 heavy (non-hydrogen) atoms. The lowest BCUT2D eigenvalue weighted by molar-refractivity contribution is 0.252. The number of benzene rings is 1. The molecule has 0 aliphatic rings. The van der Waals surface area contributed by atoms with Crippen LogP contribution in [0.25, 0.3) is 10.9 Å². The molecule has 0 fully saturated rings. The second-order valence-electron chi connectivity index (χ2n) is 6.71. The summed E-state index contributed by atoms with van der Waals surface area (Å²) in [4.78, 5) is 12.8. The summed E-state index contributed by atoms with van der Waals surface area (Å²) in [7, 11) is -3.71. The summed E-state index contributed by atoms with van der Waals surface area (Å²) in [6, 6.07) is 10.5. The van der Waals surface area contributed by atoms with Crippen molar-refractivity contribution in [3.8, 4) is 0 Å². The smallest absolute Gasteiger partial charge is 0.319 e. The van der Waals surface area contributed by atoms with Gasteiger partial charge in [-0.25, -0.2) is 18.4 Å². The Hall–Kier alpha value is -2.36. The molecule has 0 saturated heterocycles. The lowest BCUT2D eigenvalue weighted by Gasteiger charge is -2.10. The lowest BCUT2D eigenvalue weighted by Crippen LogP contribution is -2.27. The molecule has 0 bridgehead atoms. The van der Waals surface area contributed by atoms with Crippen LogP contribution in [0.3, 0.4) is 0 Å². The van der Waals surface area contributed by atoms with Crippen LogP contribution in [0.1, 0.15) is 18.7 Å². The summed E-state index contributed by atoms with van der Waals surface area (Å²) in [5, 5.41) is 11.6. The van der Waals surface area contributed by atoms with Crippen LogP contribution in [-0.4, -0.2) is 19.0 Å². The highest BCUT2D eigenvalue weighted by molar-refractivity contribution is 7.91. The first-order valence-corrected chi connectivity index (χ1v) is 10.8. The summed E-state index contributed by atoms with van der Waals surface area (Å²) in [6.07, 6.45) is 2.05. The Labute approximate surface area is 162 Å². The minimum absolute atomic E-state index is 0.0797. The van der Waals surface area contributed by atoms with E-state index in [1.807, 2.05) is 30.5 Å². The highest BCUT2D eigenvalue weighted by Gasteiger charge is 2.12. The normalized spacial score (nSPS) is 11.9. The van der Waals surface area contributed by atoms with E-state index in [9.17, 15) is 13.2 Å². The van der Waals surface area contributed by atoms with E-state index in [1.54, 1.807) is 6.07 Å². The zero-order chi connectivity index (χ0) is 19.6. The van der Waals surface area contributed by atoms with Crippen molar-refractivity contribution in [2.45, 2.75) is 31.1 Å². The van der Waals surface area contributed by atoms with Gasteiger partial charge in [-0.3, -0.25) is 0 Å². The maximum atomic E-state index is 12.1. The van der Waals surface area contributed by atoms with Gasteiger partial charge in [-0.1, -0.05) is 13.8 Å². The summed E-state index contributed by atoms with van der Waals surface area (Å²) in [5.74, 6) is 0.552. The number of hydrogen-bond acceptors (Lipinski definition) is 4. The first kappa shape index (κ1) is 19.4. The molecule has 3 aromatic rings. The minimum atomic E-state index is -3.71. The van der Waals surface area contributed by atoms with Crippen molar-refractivity contribution in [1.29, 1.82) is 0 Å². The number of rotatable bonds is 6. The number of carbonyl (C=O) groups excluding carboxylic acids is 1. The Bertz CT molecular complexity index is 1070. The zero-order valence-electron chi connectivity index (χ0n) is 15.1. The molecule has 2 aromatic heterocycles. The van der Waals surface area contributed by atoms with Crippen LogP contribution in [0.4, 0.5) is 10.5 Å². The topological polar surface area (TPSA) is 106 Å². The predicted octanol–water partition coefficient (Wildman–Crippen LogP) is 3.33. The molecule has 0 aliphatic heterocycles. The fourth-order valence-electron chi connectivity index (χ4n) is 2.78. The molecule has 7 nitrogen and oxygen atoms in total. The fraction of sp³-hybridized carbons (Fsp3) is 0.278. The number of carbonyl (C=O) groups is 1. The van der Waals surface area contributed by atoms with Crippen LogP contribution < -0.4 is 15.8 Å². The SMILES string of the molecule is CC(C)Cn1ccc2cc(NC(=O)NCc3ccc(S(N)(=O)=O)s3)ccc21. The van der Waals surface area contributed by atoms with Gasteiger partial charge in [-0.05, 0) is 42.3 Å². The first-order chi connectivity index (χ1) is 12.7. The van der Waals surface area contributed by atoms with Crippen molar-refractivity contribution in [2.75, 3.05) is 5.32 Å². The molecule has 3 rings (SSSR count). The Balaban J connectivity index is 1.61. The van der Waals surface area contributed by atoms with Crippen molar-refractivity contribution in [3.63, 3.8) is 0 Å². The van der Waals surface area contributed by atoms with E-state index in [0.717, 1.165) is 28.8 Å². The molecule has 0 aliphatic carbocycles. The molecule has 1 aromatic carbocycles. The van der Waals surface area contributed by atoms with Gasteiger partial charge in [0.1, 0.15) is 4.21 Å². The molecule has 0 atom stereocenters. The van der Waals surface area contributed by atoms with Crippen LogP contribution in [-0.2, 0) is 23.1 Å². The summed E-state index contributed by atoms with van der Waals surface area (Å²) in [5.41, 5.74) is 1.82. The minimum Gasteiger partial charge on any atom is -0.347 e. The van der Waals surface area contributed by atoms with Crippen LogP contribution in [0, 0.1) is 5.92 Å². The van der Waals surface area contributed by atoms with E-state index in [2.05, 4.69) is 29.0 Å². The predicted molar refractivity (Wildman–Crippen MR) is 108 cm³/mol. The molecule has 0 unspecified atom stereocenters. The van der Waals surface area contributed by atoms with Crippen molar-refractivity contribution in [1.82, 2.24) is 9.88 Å². The van der Waals surface area contributed by atoms with Gasteiger partial charge in [0, 0.05) is 34.2 Å². The number of nitrogens with zero attached hydrogens (tertiary/aromatic N) is 1. The Morgan fingerprint density at radius 2 is 2.00 bits per heavy atom. The zero-order valence-corrected chi connectivity index (χ0v) is 16.7. The molecule has 2 amide bonds.